The molecule has 4 heterocycles. The molecule has 1 saturated heterocycles. The number of likely N-dealkylation sites (N-methyl/N-ethyl adjacent to an activating group) is 1. The van der Waals surface area contributed by atoms with Crippen molar-refractivity contribution in [2.75, 3.05) is 45.8 Å². The van der Waals surface area contributed by atoms with Crippen LogP contribution in [0.15, 0.2) is 16.9 Å². The Morgan fingerprint density at radius 3 is 2.50 bits per heavy atom. The van der Waals surface area contributed by atoms with Crippen molar-refractivity contribution in [3.8, 4) is 0 Å². The minimum atomic E-state index is -0.215. The van der Waals surface area contributed by atoms with Gasteiger partial charge in [-0.05, 0) is 38.1 Å². The van der Waals surface area contributed by atoms with E-state index in [1.54, 1.807) is 11.3 Å². The Morgan fingerprint density at radius 1 is 1.06 bits per heavy atom. The molecule has 3 aromatic rings. The number of amides is 1. The van der Waals surface area contributed by atoms with Crippen molar-refractivity contribution < 1.29 is 4.79 Å². The standard InChI is InChI=1S/C23H34N6O2S/c1-4-17-14-18-20(32-17)15-19-23(31)28(25-21(5-2)29(18)19)16-22(30)24-8-7-9-27-12-10-26(6-3)11-13-27/h14-15H,4-13,16H2,1-3H3,(H,24,30). The summed E-state index contributed by atoms with van der Waals surface area (Å²) in [5.74, 6) is 0.637. The molecule has 1 aliphatic rings. The summed E-state index contributed by atoms with van der Waals surface area (Å²) in [5.41, 5.74) is 1.42. The van der Waals surface area contributed by atoms with Crippen molar-refractivity contribution in [1.82, 2.24) is 29.3 Å². The zero-order valence-electron chi connectivity index (χ0n) is 19.4. The van der Waals surface area contributed by atoms with E-state index in [4.69, 9.17) is 0 Å². The van der Waals surface area contributed by atoms with Gasteiger partial charge >= 0.3 is 0 Å². The molecule has 3 aromatic heterocycles. The van der Waals surface area contributed by atoms with E-state index in [2.05, 4.69) is 40.1 Å². The number of thiophene rings is 1. The maximum atomic E-state index is 13.0. The molecule has 1 aliphatic heterocycles. The molecule has 32 heavy (non-hydrogen) atoms. The van der Waals surface area contributed by atoms with Crippen LogP contribution >= 0.6 is 11.3 Å². The third-order valence-corrected chi connectivity index (χ3v) is 7.55. The molecule has 0 aliphatic carbocycles. The first-order valence-electron chi connectivity index (χ1n) is 11.8. The van der Waals surface area contributed by atoms with Crippen molar-refractivity contribution in [1.29, 1.82) is 0 Å². The molecule has 0 saturated carbocycles. The summed E-state index contributed by atoms with van der Waals surface area (Å²) in [6.07, 6.45) is 2.57. The Hall–Kier alpha value is -2.23. The van der Waals surface area contributed by atoms with Crippen LogP contribution in [-0.4, -0.2) is 75.7 Å². The zero-order valence-corrected chi connectivity index (χ0v) is 20.2. The fraction of sp³-hybridized carbons (Fsp3) is 0.609. The van der Waals surface area contributed by atoms with Gasteiger partial charge in [-0.2, -0.15) is 5.10 Å². The highest BCUT2D eigenvalue weighted by molar-refractivity contribution is 7.19. The summed E-state index contributed by atoms with van der Waals surface area (Å²) in [6, 6.07) is 4.08. The van der Waals surface area contributed by atoms with E-state index in [1.165, 1.54) is 9.56 Å². The van der Waals surface area contributed by atoms with Gasteiger partial charge in [-0.1, -0.05) is 20.8 Å². The van der Waals surface area contributed by atoms with Gasteiger partial charge in [-0.3, -0.25) is 14.0 Å². The molecule has 1 amide bonds. The number of hydrogen-bond acceptors (Lipinski definition) is 6. The highest BCUT2D eigenvalue weighted by atomic mass is 32.1. The van der Waals surface area contributed by atoms with Crippen LogP contribution < -0.4 is 10.9 Å². The largest absolute Gasteiger partial charge is 0.354 e. The van der Waals surface area contributed by atoms with Crippen LogP contribution in [0.4, 0.5) is 0 Å². The number of piperazine rings is 1. The number of nitrogens with one attached hydrogen (secondary N) is 1. The van der Waals surface area contributed by atoms with E-state index in [-0.39, 0.29) is 18.0 Å². The smallest absolute Gasteiger partial charge is 0.291 e. The van der Waals surface area contributed by atoms with Crippen molar-refractivity contribution in [2.24, 2.45) is 0 Å². The van der Waals surface area contributed by atoms with Crippen molar-refractivity contribution in [3.05, 3.63) is 33.2 Å². The second kappa shape index (κ2) is 10.1. The summed E-state index contributed by atoms with van der Waals surface area (Å²) in [4.78, 5) is 31.7. The number of carbonyl (C=O) groups is 1. The molecule has 0 atom stereocenters. The molecule has 1 fully saturated rings. The first-order valence-corrected chi connectivity index (χ1v) is 12.6. The average Bonchev–Trinajstić information content (AvgIpc) is 3.37. The molecule has 0 bridgehead atoms. The van der Waals surface area contributed by atoms with Crippen LogP contribution in [0.25, 0.3) is 15.7 Å². The molecule has 0 aromatic carbocycles. The lowest BCUT2D eigenvalue weighted by molar-refractivity contribution is -0.121. The number of fused-ring (bicyclic) bond motifs is 3. The quantitative estimate of drug-likeness (QED) is 0.497. The van der Waals surface area contributed by atoms with Gasteiger partial charge in [0, 0.05) is 44.0 Å². The highest BCUT2D eigenvalue weighted by Gasteiger charge is 2.17. The first kappa shape index (κ1) is 22.9. The van der Waals surface area contributed by atoms with Crippen LogP contribution in [-0.2, 0) is 24.2 Å². The third-order valence-electron chi connectivity index (χ3n) is 6.33. The fourth-order valence-electron chi connectivity index (χ4n) is 4.40. The molecule has 0 spiro atoms. The number of hydrogen-bond donors (Lipinski definition) is 1. The van der Waals surface area contributed by atoms with Gasteiger partial charge < -0.3 is 15.1 Å². The zero-order chi connectivity index (χ0) is 22.7. The van der Waals surface area contributed by atoms with Crippen molar-refractivity contribution in [3.63, 3.8) is 0 Å². The molecule has 1 N–H and O–H groups in total. The van der Waals surface area contributed by atoms with E-state index >= 15 is 0 Å². The lowest BCUT2D eigenvalue weighted by Gasteiger charge is -2.33. The Bertz CT molecular complexity index is 1140. The van der Waals surface area contributed by atoms with Crippen LogP contribution in [0.2, 0.25) is 0 Å². The van der Waals surface area contributed by atoms with Crippen molar-refractivity contribution >= 4 is 33.0 Å². The second-order valence-corrected chi connectivity index (χ2v) is 9.56. The van der Waals surface area contributed by atoms with E-state index in [0.717, 1.165) is 68.2 Å². The first-order chi connectivity index (χ1) is 15.5. The van der Waals surface area contributed by atoms with Crippen LogP contribution in [0.5, 0.6) is 0 Å². The van der Waals surface area contributed by atoms with E-state index in [9.17, 15) is 9.59 Å². The molecular formula is C23H34N6O2S. The predicted molar refractivity (Wildman–Crippen MR) is 130 cm³/mol. The van der Waals surface area contributed by atoms with E-state index in [0.29, 0.717) is 18.5 Å². The minimum absolute atomic E-state index is 0.0451. The second-order valence-electron chi connectivity index (χ2n) is 8.39. The van der Waals surface area contributed by atoms with Gasteiger partial charge in [0.05, 0.1) is 10.2 Å². The summed E-state index contributed by atoms with van der Waals surface area (Å²) < 4.78 is 4.37. The predicted octanol–water partition coefficient (Wildman–Crippen LogP) is 1.98. The topological polar surface area (TPSA) is 74.9 Å². The molecule has 8 nitrogen and oxygen atoms in total. The number of aryl methyl sites for hydroxylation is 2. The van der Waals surface area contributed by atoms with E-state index in [1.807, 2.05) is 17.4 Å². The fourth-order valence-corrected chi connectivity index (χ4v) is 5.42. The van der Waals surface area contributed by atoms with Gasteiger partial charge in [0.25, 0.3) is 5.56 Å². The number of carbonyl (C=O) groups excluding carboxylic acids is 1. The average molecular weight is 459 g/mol. The number of aromatic nitrogens is 3. The highest BCUT2D eigenvalue weighted by Crippen LogP contribution is 2.29. The molecular weight excluding hydrogens is 424 g/mol. The lowest BCUT2D eigenvalue weighted by Crippen LogP contribution is -2.46. The van der Waals surface area contributed by atoms with Crippen LogP contribution in [0.1, 0.15) is 37.9 Å². The normalized spacial score (nSPS) is 15.7. The summed E-state index contributed by atoms with van der Waals surface area (Å²) in [5, 5.41) is 7.49. The third kappa shape index (κ3) is 4.74. The van der Waals surface area contributed by atoms with Gasteiger partial charge in [-0.25, -0.2) is 4.68 Å². The Kier molecular flexibility index (Phi) is 7.27. The van der Waals surface area contributed by atoms with E-state index < -0.39 is 0 Å². The van der Waals surface area contributed by atoms with Gasteiger partial charge in [0.15, 0.2) is 0 Å². The van der Waals surface area contributed by atoms with Crippen LogP contribution in [0, 0.1) is 0 Å². The Balaban J connectivity index is 1.37. The van der Waals surface area contributed by atoms with Gasteiger partial charge in [-0.15, -0.1) is 11.3 Å². The number of rotatable bonds is 9. The maximum Gasteiger partial charge on any atom is 0.291 e. The molecule has 174 valence electrons. The van der Waals surface area contributed by atoms with Crippen molar-refractivity contribution in [2.45, 2.75) is 46.6 Å². The van der Waals surface area contributed by atoms with Crippen LogP contribution in [0.3, 0.4) is 0 Å². The maximum absolute atomic E-state index is 13.0. The summed E-state index contributed by atoms with van der Waals surface area (Å²) in [6.45, 7) is 13.5. The molecule has 9 heteroatoms. The van der Waals surface area contributed by atoms with Gasteiger partial charge in [0.1, 0.15) is 17.9 Å². The Morgan fingerprint density at radius 2 is 1.81 bits per heavy atom. The minimum Gasteiger partial charge on any atom is -0.354 e. The Labute approximate surface area is 192 Å². The molecule has 0 radical (unpaired) electrons. The number of nitrogens with zero attached hydrogens (tertiary/aromatic N) is 5. The summed E-state index contributed by atoms with van der Waals surface area (Å²) in [7, 11) is 0. The monoisotopic (exact) mass is 458 g/mol. The molecule has 4 rings (SSSR count). The lowest BCUT2D eigenvalue weighted by atomic mass is 10.3. The van der Waals surface area contributed by atoms with Gasteiger partial charge in [0.2, 0.25) is 5.91 Å². The SMILES string of the molecule is CCc1cc2c(cc3c(=O)n(CC(=O)NCCCN4CCN(CC)CC4)nc(CC)n32)s1. The summed E-state index contributed by atoms with van der Waals surface area (Å²) >= 11 is 1.71. The molecule has 0 unspecified atom stereocenters.